The smallest absolute Gasteiger partial charge is 0.123 e. The average molecular weight is 460 g/mol. The Morgan fingerprint density at radius 1 is 1.03 bits per heavy atom. The van der Waals surface area contributed by atoms with Crippen molar-refractivity contribution in [3.8, 4) is 22.4 Å². The zero-order chi connectivity index (χ0) is 24.2. The van der Waals surface area contributed by atoms with Gasteiger partial charge in [-0.05, 0) is 66.0 Å². The molecule has 0 spiro atoms. The Balaban J connectivity index is 1.97. The molecule has 178 valence electrons. The van der Waals surface area contributed by atoms with Crippen molar-refractivity contribution in [1.29, 1.82) is 0 Å². The Kier molecular flexibility index (Phi) is 7.60. The number of aromatic nitrogens is 1. The molecule has 3 nitrogen and oxygen atoms in total. The van der Waals surface area contributed by atoms with Crippen molar-refractivity contribution in [3.05, 3.63) is 82.8 Å². The van der Waals surface area contributed by atoms with Gasteiger partial charge in [-0.2, -0.15) is 0 Å². The topological polar surface area (TPSA) is 53.4 Å². The molecule has 1 heterocycles. The number of hydrogen-bond acceptors (Lipinski definition) is 3. The second-order valence-electron chi connectivity index (χ2n) is 9.51. The van der Waals surface area contributed by atoms with Crippen LogP contribution < -0.4 is 0 Å². The number of aliphatic hydroxyl groups excluding tert-OH is 2. The molecule has 0 aliphatic heterocycles. The van der Waals surface area contributed by atoms with E-state index in [1.807, 2.05) is 25.1 Å². The SMILES string of the molecule is CC[C@H](O)C[C@H](O)/C=C/c1c(C(C)C)nc2c(c1-c1ccc(F)cc1)CCCc1ccccc1-2. The Morgan fingerprint density at radius 3 is 2.47 bits per heavy atom. The number of pyridine rings is 1. The molecular formula is C30H34FNO2. The van der Waals surface area contributed by atoms with Crippen molar-refractivity contribution >= 4 is 6.08 Å². The number of nitrogens with zero attached hydrogens (tertiary/aromatic N) is 1. The highest BCUT2D eigenvalue weighted by Crippen LogP contribution is 2.41. The molecule has 1 aliphatic carbocycles. The molecule has 0 fully saturated rings. The Hall–Kier alpha value is -2.82. The highest BCUT2D eigenvalue weighted by Gasteiger charge is 2.25. The van der Waals surface area contributed by atoms with Crippen LogP contribution in [0.1, 0.15) is 68.3 Å². The Labute approximate surface area is 202 Å². The van der Waals surface area contributed by atoms with E-state index in [-0.39, 0.29) is 11.7 Å². The molecule has 34 heavy (non-hydrogen) atoms. The number of aliphatic hydroxyl groups is 2. The van der Waals surface area contributed by atoms with Crippen molar-refractivity contribution < 1.29 is 14.6 Å². The van der Waals surface area contributed by atoms with E-state index in [2.05, 4.69) is 38.1 Å². The molecule has 0 saturated carbocycles. The third-order valence-electron chi connectivity index (χ3n) is 6.66. The van der Waals surface area contributed by atoms with Gasteiger partial charge >= 0.3 is 0 Å². The van der Waals surface area contributed by atoms with Crippen LogP contribution in [0.15, 0.2) is 54.6 Å². The summed E-state index contributed by atoms with van der Waals surface area (Å²) in [6.07, 6.45) is 6.18. The predicted octanol–water partition coefficient (Wildman–Crippen LogP) is 6.70. The molecule has 4 rings (SSSR count). The first-order valence-corrected chi connectivity index (χ1v) is 12.3. The summed E-state index contributed by atoms with van der Waals surface area (Å²) >= 11 is 0. The number of fused-ring (bicyclic) bond motifs is 3. The van der Waals surface area contributed by atoms with Crippen molar-refractivity contribution in [2.45, 2.75) is 71.0 Å². The summed E-state index contributed by atoms with van der Waals surface area (Å²) < 4.78 is 13.8. The summed E-state index contributed by atoms with van der Waals surface area (Å²) in [7, 11) is 0. The quantitative estimate of drug-likeness (QED) is 0.413. The van der Waals surface area contributed by atoms with Gasteiger partial charge in [-0.3, -0.25) is 4.98 Å². The minimum Gasteiger partial charge on any atom is -0.393 e. The number of hydrogen-bond donors (Lipinski definition) is 2. The summed E-state index contributed by atoms with van der Waals surface area (Å²) in [4.78, 5) is 5.22. The fourth-order valence-electron chi connectivity index (χ4n) is 4.83. The summed E-state index contributed by atoms with van der Waals surface area (Å²) in [6, 6.07) is 15.1. The van der Waals surface area contributed by atoms with E-state index in [0.29, 0.717) is 12.8 Å². The average Bonchev–Trinajstić information content (AvgIpc) is 3.01. The monoisotopic (exact) mass is 459 g/mol. The van der Waals surface area contributed by atoms with Crippen LogP contribution >= 0.6 is 0 Å². The van der Waals surface area contributed by atoms with Crippen LogP contribution in [0, 0.1) is 5.82 Å². The lowest BCUT2D eigenvalue weighted by Crippen LogP contribution is -2.14. The standard InChI is InChI=1S/C30H34FNO2/c1-4-23(33)18-24(34)16-17-27-28(21-12-14-22(31)15-13-21)26-11-7-9-20-8-5-6-10-25(20)30(26)32-29(27)19(2)3/h5-6,8,10,12-17,19,23-24,33-34H,4,7,9,11,18H2,1-3H3/b17-16+/t23-,24+/m0/s1. The molecule has 2 atom stereocenters. The second-order valence-corrected chi connectivity index (χ2v) is 9.51. The molecule has 0 radical (unpaired) electrons. The van der Waals surface area contributed by atoms with Crippen LogP contribution in [0.4, 0.5) is 4.39 Å². The normalized spacial score (nSPS) is 15.1. The first kappa shape index (κ1) is 24.3. The molecule has 0 amide bonds. The van der Waals surface area contributed by atoms with Gasteiger partial charge in [-0.25, -0.2) is 4.39 Å². The third kappa shape index (κ3) is 5.13. The van der Waals surface area contributed by atoms with Crippen LogP contribution in [-0.4, -0.2) is 27.4 Å². The lowest BCUT2D eigenvalue weighted by molar-refractivity contribution is 0.102. The molecule has 2 N–H and O–H groups in total. The molecule has 0 bridgehead atoms. The van der Waals surface area contributed by atoms with Gasteiger partial charge in [-0.1, -0.05) is 69.3 Å². The maximum Gasteiger partial charge on any atom is 0.123 e. The van der Waals surface area contributed by atoms with E-state index in [9.17, 15) is 14.6 Å². The number of benzene rings is 2. The van der Waals surface area contributed by atoms with Crippen LogP contribution in [-0.2, 0) is 12.8 Å². The Morgan fingerprint density at radius 2 is 1.76 bits per heavy atom. The lowest BCUT2D eigenvalue weighted by atomic mass is 9.86. The summed E-state index contributed by atoms with van der Waals surface area (Å²) in [5.74, 6) is -0.114. The van der Waals surface area contributed by atoms with Gasteiger partial charge < -0.3 is 10.2 Å². The lowest BCUT2D eigenvalue weighted by Gasteiger charge is -2.22. The van der Waals surface area contributed by atoms with Gasteiger partial charge in [0.15, 0.2) is 0 Å². The number of aryl methyl sites for hydroxylation is 1. The van der Waals surface area contributed by atoms with E-state index >= 15 is 0 Å². The maximum absolute atomic E-state index is 13.8. The minimum absolute atomic E-state index is 0.151. The van der Waals surface area contributed by atoms with E-state index in [0.717, 1.165) is 47.3 Å². The molecule has 2 aromatic carbocycles. The van der Waals surface area contributed by atoms with Gasteiger partial charge in [0.1, 0.15) is 5.82 Å². The highest BCUT2D eigenvalue weighted by atomic mass is 19.1. The van der Waals surface area contributed by atoms with E-state index < -0.39 is 12.2 Å². The largest absolute Gasteiger partial charge is 0.393 e. The summed E-state index contributed by atoms with van der Waals surface area (Å²) in [5.41, 5.74) is 8.58. The van der Waals surface area contributed by atoms with Crippen LogP contribution in [0.25, 0.3) is 28.5 Å². The van der Waals surface area contributed by atoms with Crippen LogP contribution in [0.2, 0.25) is 0 Å². The van der Waals surface area contributed by atoms with Crippen molar-refractivity contribution in [3.63, 3.8) is 0 Å². The molecular weight excluding hydrogens is 425 g/mol. The predicted molar refractivity (Wildman–Crippen MR) is 137 cm³/mol. The first-order chi connectivity index (χ1) is 16.4. The van der Waals surface area contributed by atoms with Crippen molar-refractivity contribution in [2.75, 3.05) is 0 Å². The minimum atomic E-state index is -0.754. The van der Waals surface area contributed by atoms with Gasteiger partial charge in [0.05, 0.1) is 23.6 Å². The van der Waals surface area contributed by atoms with E-state index in [1.165, 1.54) is 28.8 Å². The van der Waals surface area contributed by atoms with E-state index in [4.69, 9.17) is 4.98 Å². The summed E-state index contributed by atoms with van der Waals surface area (Å²) in [6.45, 7) is 6.15. The van der Waals surface area contributed by atoms with Crippen LogP contribution in [0.5, 0.6) is 0 Å². The van der Waals surface area contributed by atoms with Crippen molar-refractivity contribution in [1.82, 2.24) is 4.98 Å². The van der Waals surface area contributed by atoms with Gasteiger partial charge in [0.2, 0.25) is 0 Å². The third-order valence-corrected chi connectivity index (χ3v) is 6.66. The fraction of sp³-hybridized carbons (Fsp3) is 0.367. The van der Waals surface area contributed by atoms with Crippen LogP contribution in [0.3, 0.4) is 0 Å². The highest BCUT2D eigenvalue weighted by molar-refractivity contribution is 5.85. The van der Waals surface area contributed by atoms with Gasteiger partial charge in [0, 0.05) is 17.5 Å². The number of halogens is 1. The van der Waals surface area contributed by atoms with Gasteiger partial charge in [0.25, 0.3) is 0 Å². The molecule has 3 aromatic rings. The summed E-state index contributed by atoms with van der Waals surface area (Å²) in [5, 5.41) is 20.5. The van der Waals surface area contributed by atoms with E-state index in [1.54, 1.807) is 6.08 Å². The van der Waals surface area contributed by atoms with Gasteiger partial charge in [-0.15, -0.1) is 0 Å². The molecule has 4 heteroatoms. The molecule has 1 aliphatic rings. The second kappa shape index (κ2) is 10.6. The molecule has 0 saturated heterocycles. The molecule has 1 aromatic heterocycles. The Bertz CT molecular complexity index is 1170. The zero-order valence-electron chi connectivity index (χ0n) is 20.3. The zero-order valence-corrected chi connectivity index (χ0v) is 20.3. The van der Waals surface area contributed by atoms with Crippen molar-refractivity contribution in [2.24, 2.45) is 0 Å². The molecule has 0 unspecified atom stereocenters. The fourth-order valence-corrected chi connectivity index (χ4v) is 4.83. The number of rotatable bonds is 7. The first-order valence-electron chi connectivity index (χ1n) is 12.3. The maximum atomic E-state index is 13.8.